The molecule has 0 fully saturated rings. The molecule has 1 N–H and O–H groups in total. The van der Waals surface area contributed by atoms with E-state index in [1.165, 1.54) is 19.3 Å². The van der Waals surface area contributed by atoms with Gasteiger partial charge in [0, 0.05) is 6.04 Å². The van der Waals surface area contributed by atoms with Crippen LogP contribution < -0.4 is 5.43 Å². The lowest BCUT2D eigenvalue weighted by molar-refractivity contribution is 0.561. The Labute approximate surface area is 72.9 Å². The molecule has 1 atom stereocenters. The van der Waals surface area contributed by atoms with Gasteiger partial charge in [0.1, 0.15) is 0 Å². The van der Waals surface area contributed by atoms with E-state index in [1.807, 2.05) is 6.20 Å². The fourth-order valence-electron chi connectivity index (χ4n) is 1.08. The molecule has 0 spiro atoms. The van der Waals surface area contributed by atoms with Gasteiger partial charge in [-0.1, -0.05) is 19.8 Å². The van der Waals surface area contributed by atoms with E-state index in [9.17, 15) is 0 Å². The van der Waals surface area contributed by atoms with E-state index in [0.29, 0.717) is 6.04 Å². The Kier molecular flexibility index (Phi) is 3.57. The first kappa shape index (κ1) is 9.03. The highest BCUT2D eigenvalue weighted by Gasteiger charge is 1.99. The predicted octanol–water partition coefficient (Wildman–Crippen LogP) is 1.40. The molecule has 1 unspecified atom stereocenters. The third-order valence-corrected chi connectivity index (χ3v) is 1.77. The third-order valence-electron chi connectivity index (χ3n) is 1.77. The summed E-state index contributed by atoms with van der Waals surface area (Å²) in [6.45, 7) is 4.35. The van der Waals surface area contributed by atoms with Crippen LogP contribution in [0.15, 0.2) is 12.4 Å². The van der Waals surface area contributed by atoms with Gasteiger partial charge in [-0.2, -0.15) is 4.79 Å². The summed E-state index contributed by atoms with van der Waals surface area (Å²) in [7, 11) is 0. The summed E-state index contributed by atoms with van der Waals surface area (Å²) in [5.41, 5.74) is 3.20. The van der Waals surface area contributed by atoms with Crippen LogP contribution in [0.5, 0.6) is 0 Å². The molecule has 4 heteroatoms. The van der Waals surface area contributed by atoms with E-state index in [-0.39, 0.29) is 0 Å². The van der Waals surface area contributed by atoms with Crippen LogP contribution in [0.4, 0.5) is 0 Å². The number of aromatic nitrogens is 3. The van der Waals surface area contributed by atoms with Gasteiger partial charge in [-0.05, 0) is 18.6 Å². The summed E-state index contributed by atoms with van der Waals surface area (Å²) in [6, 6.07) is 0.464. The molecule has 4 nitrogen and oxygen atoms in total. The summed E-state index contributed by atoms with van der Waals surface area (Å²) < 4.78 is 0. The van der Waals surface area contributed by atoms with E-state index in [1.54, 1.807) is 11.0 Å². The standard InChI is InChI=1S/C8H16N4/c1-3-4-5-8(2)10-12-7-6-9-11-12/h6-8,10H,3-5H2,1-2H3. The van der Waals surface area contributed by atoms with Crippen molar-refractivity contribution >= 4 is 0 Å². The minimum atomic E-state index is 0.464. The number of hydrogen-bond donors (Lipinski definition) is 1. The van der Waals surface area contributed by atoms with Crippen LogP contribution in [0.3, 0.4) is 0 Å². The van der Waals surface area contributed by atoms with E-state index in [2.05, 4.69) is 29.6 Å². The lowest BCUT2D eigenvalue weighted by atomic mass is 10.1. The Balaban J connectivity index is 2.22. The zero-order chi connectivity index (χ0) is 8.81. The van der Waals surface area contributed by atoms with E-state index < -0.39 is 0 Å². The van der Waals surface area contributed by atoms with Gasteiger partial charge >= 0.3 is 0 Å². The number of unbranched alkanes of at least 4 members (excludes halogenated alkanes) is 1. The van der Waals surface area contributed by atoms with Gasteiger partial charge in [0.25, 0.3) is 0 Å². The first-order chi connectivity index (χ1) is 5.83. The quantitative estimate of drug-likeness (QED) is 0.722. The highest BCUT2D eigenvalue weighted by atomic mass is 15.6. The molecule has 12 heavy (non-hydrogen) atoms. The van der Waals surface area contributed by atoms with Gasteiger partial charge in [-0.15, -0.1) is 5.10 Å². The largest absolute Gasteiger partial charge is 0.306 e. The van der Waals surface area contributed by atoms with Crippen LogP contribution in [0.25, 0.3) is 0 Å². The van der Waals surface area contributed by atoms with Gasteiger partial charge in [-0.25, -0.2) is 0 Å². The topological polar surface area (TPSA) is 42.7 Å². The maximum absolute atomic E-state index is 3.82. The maximum Gasteiger partial charge on any atom is 0.0715 e. The minimum Gasteiger partial charge on any atom is -0.306 e. The summed E-state index contributed by atoms with van der Waals surface area (Å²) in [6.07, 6.45) is 7.14. The van der Waals surface area contributed by atoms with Crippen molar-refractivity contribution in [2.45, 2.75) is 39.2 Å². The van der Waals surface area contributed by atoms with E-state index in [0.717, 1.165) is 0 Å². The van der Waals surface area contributed by atoms with Crippen LogP contribution in [0.1, 0.15) is 33.1 Å². The van der Waals surface area contributed by atoms with Crippen LogP contribution in [-0.4, -0.2) is 21.1 Å². The SMILES string of the molecule is CCCCC(C)Nn1ccnn1. The van der Waals surface area contributed by atoms with Crippen LogP contribution in [-0.2, 0) is 0 Å². The molecule has 0 amide bonds. The number of rotatable bonds is 5. The molecule has 0 aliphatic heterocycles. The highest BCUT2D eigenvalue weighted by molar-refractivity contribution is 4.77. The van der Waals surface area contributed by atoms with Crippen LogP contribution >= 0.6 is 0 Å². The highest BCUT2D eigenvalue weighted by Crippen LogP contribution is 1.99. The lowest BCUT2D eigenvalue weighted by Crippen LogP contribution is -2.25. The van der Waals surface area contributed by atoms with Crippen molar-refractivity contribution in [3.8, 4) is 0 Å². The molecule has 0 saturated heterocycles. The Morgan fingerprint density at radius 3 is 3.00 bits per heavy atom. The van der Waals surface area contributed by atoms with Gasteiger partial charge < -0.3 is 5.43 Å². The van der Waals surface area contributed by atoms with Crippen LogP contribution in [0, 0.1) is 0 Å². The fourth-order valence-corrected chi connectivity index (χ4v) is 1.08. The molecule has 1 aromatic heterocycles. The molecule has 1 aromatic rings. The maximum atomic E-state index is 3.82. The first-order valence-corrected chi connectivity index (χ1v) is 4.45. The molecule has 0 aliphatic carbocycles. The Morgan fingerprint density at radius 2 is 2.42 bits per heavy atom. The molecule has 68 valence electrons. The molecule has 0 bridgehead atoms. The van der Waals surface area contributed by atoms with Crippen molar-refractivity contribution in [3.05, 3.63) is 12.4 Å². The molecule has 1 rings (SSSR count). The monoisotopic (exact) mass is 168 g/mol. The Hall–Kier alpha value is -1.06. The number of nitrogens with one attached hydrogen (secondary N) is 1. The smallest absolute Gasteiger partial charge is 0.0715 e. The average molecular weight is 168 g/mol. The summed E-state index contributed by atoms with van der Waals surface area (Å²) >= 11 is 0. The van der Waals surface area contributed by atoms with Crippen molar-refractivity contribution in [2.75, 3.05) is 5.43 Å². The zero-order valence-corrected chi connectivity index (χ0v) is 7.70. The van der Waals surface area contributed by atoms with E-state index >= 15 is 0 Å². The van der Waals surface area contributed by atoms with Crippen molar-refractivity contribution in [1.82, 2.24) is 15.1 Å². The van der Waals surface area contributed by atoms with Gasteiger partial charge in [0.05, 0.1) is 12.4 Å². The molecule has 0 aliphatic rings. The molecule has 0 aromatic carbocycles. The van der Waals surface area contributed by atoms with Crippen molar-refractivity contribution in [1.29, 1.82) is 0 Å². The van der Waals surface area contributed by atoms with Gasteiger partial charge in [-0.3, -0.25) is 0 Å². The van der Waals surface area contributed by atoms with Gasteiger partial charge in [0.2, 0.25) is 0 Å². The number of hydrogen-bond acceptors (Lipinski definition) is 3. The number of nitrogens with zero attached hydrogens (tertiary/aromatic N) is 3. The second-order valence-corrected chi connectivity index (χ2v) is 3.02. The van der Waals surface area contributed by atoms with Crippen LogP contribution in [0.2, 0.25) is 0 Å². The Morgan fingerprint density at radius 1 is 1.58 bits per heavy atom. The molecule has 1 heterocycles. The first-order valence-electron chi connectivity index (χ1n) is 4.45. The molecular weight excluding hydrogens is 152 g/mol. The normalized spacial score (nSPS) is 12.8. The van der Waals surface area contributed by atoms with Gasteiger partial charge in [0.15, 0.2) is 0 Å². The second-order valence-electron chi connectivity index (χ2n) is 3.02. The van der Waals surface area contributed by atoms with Crippen molar-refractivity contribution in [2.24, 2.45) is 0 Å². The summed E-state index contributed by atoms with van der Waals surface area (Å²) in [5, 5.41) is 7.53. The fraction of sp³-hybridized carbons (Fsp3) is 0.750. The van der Waals surface area contributed by atoms with Crippen molar-refractivity contribution in [3.63, 3.8) is 0 Å². The zero-order valence-electron chi connectivity index (χ0n) is 7.70. The summed E-state index contributed by atoms with van der Waals surface area (Å²) in [5.74, 6) is 0. The lowest BCUT2D eigenvalue weighted by Gasteiger charge is -2.13. The molecule has 0 radical (unpaired) electrons. The minimum absolute atomic E-state index is 0.464. The summed E-state index contributed by atoms with van der Waals surface area (Å²) in [4.78, 5) is 1.65. The average Bonchev–Trinajstić information content (AvgIpc) is 2.53. The van der Waals surface area contributed by atoms with E-state index in [4.69, 9.17) is 0 Å². The Bertz CT molecular complexity index is 195. The molecule has 0 saturated carbocycles. The molecular formula is C8H16N4. The second kappa shape index (κ2) is 4.74. The van der Waals surface area contributed by atoms with Crippen molar-refractivity contribution < 1.29 is 0 Å². The predicted molar refractivity (Wildman–Crippen MR) is 48.4 cm³/mol. The third kappa shape index (κ3) is 2.90.